The molecule has 0 bridgehead atoms. The van der Waals surface area contributed by atoms with Gasteiger partial charge < -0.3 is 24.3 Å². The fourth-order valence-corrected chi connectivity index (χ4v) is 5.18. The zero-order valence-corrected chi connectivity index (χ0v) is 23.7. The van der Waals surface area contributed by atoms with E-state index in [0.717, 1.165) is 0 Å². The first-order valence-electron chi connectivity index (χ1n) is 13.6. The summed E-state index contributed by atoms with van der Waals surface area (Å²) in [5.74, 6) is -0.151. The number of carbonyl (C=O) groups is 4. The zero-order chi connectivity index (χ0) is 31.0. The Balaban J connectivity index is 1.47. The monoisotopic (exact) mass is 597 g/mol. The van der Waals surface area contributed by atoms with Crippen molar-refractivity contribution in [3.8, 4) is 11.5 Å². The number of ether oxygens (including phenoxy) is 2. The maximum Gasteiger partial charge on any atom is 0.276 e. The molecule has 224 valence electrons. The molecule has 3 amide bonds. The summed E-state index contributed by atoms with van der Waals surface area (Å²) in [5.41, 5.74) is 8.91. The number of nitrogens with one attached hydrogen (secondary N) is 2. The number of imidazole rings is 2. The van der Waals surface area contributed by atoms with Gasteiger partial charge in [0.05, 0.1) is 16.7 Å². The molecule has 1 aliphatic heterocycles. The molecule has 4 heterocycles. The Kier molecular flexibility index (Phi) is 7.26. The van der Waals surface area contributed by atoms with Gasteiger partial charge in [0.2, 0.25) is 31.0 Å². The maximum atomic E-state index is 13.4. The molecule has 0 radical (unpaired) electrons. The van der Waals surface area contributed by atoms with Gasteiger partial charge in [-0.05, 0) is 44.2 Å². The molecular weight excluding hydrogens is 570 g/mol. The minimum Gasteiger partial charge on any atom is -0.455 e. The number of amides is 3. The molecule has 15 heteroatoms. The number of aryl methyl sites for hydroxylation is 2. The first kappa shape index (κ1) is 28.1. The van der Waals surface area contributed by atoms with E-state index in [9.17, 15) is 19.2 Å². The second kappa shape index (κ2) is 11.4. The van der Waals surface area contributed by atoms with E-state index in [4.69, 9.17) is 15.2 Å². The van der Waals surface area contributed by atoms with Crippen LogP contribution in [0, 0.1) is 6.92 Å². The van der Waals surface area contributed by atoms with Crippen molar-refractivity contribution in [3.63, 3.8) is 0 Å². The minimum absolute atomic E-state index is 0.141. The van der Waals surface area contributed by atoms with Crippen molar-refractivity contribution in [3.05, 3.63) is 65.0 Å². The molecule has 44 heavy (non-hydrogen) atoms. The van der Waals surface area contributed by atoms with E-state index in [0.29, 0.717) is 58.3 Å². The summed E-state index contributed by atoms with van der Waals surface area (Å²) >= 11 is 0. The highest BCUT2D eigenvalue weighted by atomic mass is 16.7. The Morgan fingerprint density at radius 2 is 1.61 bits per heavy atom. The van der Waals surface area contributed by atoms with Crippen LogP contribution in [0.25, 0.3) is 22.1 Å². The number of hydrogen-bond donors (Lipinski definition) is 3. The van der Waals surface area contributed by atoms with Crippen LogP contribution in [-0.4, -0.2) is 60.2 Å². The predicted octanol–water partition coefficient (Wildman–Crippen LogP) is 2.63. The Bertz CT molecular complexity index is 2000. The lowest BCUT2D eigenvalue weighted by atomic mass is 10.1. The summed E-state index contributed by atoms with van der Waals surface area (Å²) in [4.78, 5) is 57.7. The van der Waals surface area contributed by atoms with Gasteiger partial charge >= 0.3 is 0 Å². The summed E-state index contributed by atoms with van der Waals surface area (Å²) in [6.07, 6.45) is 4.86. The SMILES string of the molecule is CCn1nc(C)cc1C(=O)Nc1nc2cc(C(N)=O)cc3c2n1C/C=C/Cn1c(NC=O)nc2cc(C=O)cc(c21)OCO3. The van der Waals surface area contributed by atoms with Crippen LogP contribution in [0.2, 0.25) is 0 Å². The summed E-state index contributed by atoms with van der Waals surface area (Å²) in [6, 6.07) is 7.81. The average molecular weight is 598 g/mol. The molecule has 6 rings (SSSR count). The fraction of sp³-hybridized carbons (Fsp3) is 0.207. The Morgan fingerprint density at radius 3 is 2.27 bits per heavy atom. The molecule has 0 unspecified atom stereocenters. The van der Waals surface area contributed by atoms with E-state index >= 15 is 0 Å². The van der Waals surface area contributed by atoms with Gasteiger partial charge in [0.15, 0.2) is 5.75 Å². The first-order valence-corrected chi connectivity index (χ1v) is 13.6. The topological polar surface area (TPSA) is 190 Å². The van der Waals surface area contributed by atoms with E-state index in [1.54, 1.807) is 38.9 Å². The number of nitrogens with two attached hydrogens (primary N) is 1. The van der Waals surface area contributed by atoms with Gasteiger partial charge in [0.25, 0.3) is 5.91 Å². The summed E-state index contributed by atoms with van der Waals surface area (Å²) in [5, 5.41) is 9.81. The van der Waals surface area contributed by atoms with Crippen molar-refractivity contribution in [1.82, 2.24) is 28.9 Å². The number of rotatable bonds is 7. The number of primary amides is 1. The predicted molar refractivity (Wildman–Crippen MR) is 159 cm³/mol. The molecule has 0 saturated heterocycles. The number of carbonyl (C=O) groups excluding carboxylic acids is 4. The van der Waals surface area contributed by atoms with E-state index < -0.39 is 11.8 Å². The zero-order valence-electron chi connectivity index (χ0n) is 23.7. The molecule has 3 aromatic heterocycles. The van der Waals surface area contributed by atoms with Gasteiger partial charge in [0.1, 0.15) is 28.8 Å². The van der Waals surface area contributed by atoms with Crippen molar-refractivity contribution in [1.29, 1.82) is 0 Å². The molecule has 1 aliphatic rings. The van der Waals surface area contributed by atoms with Crippen LogP contribution in [0.5, 0.6) is 11.5 Å². The smallest absolute Gasteiger partial charge is 0.276 e. The maximum absolute atomic E-state index is 13.4. The van der Waals surface area contributed by atoms with Crippen LogP contribution in [0.15, 0.2) is 42.5 Å². The van der Waals surface area contributed by atoms with E-state index in [1.165, 1.54) is 12.1 Å². The van der Waals surface area contributed by atoms with Gasteiger partial charge in [-0.15, -0.1) is 0 Å². The molecule has 4 N–H and O–H groups in total. The van der Waals surface area contributed by atoms with Crippen molar-refractivity contribution in [2.45, 2.75) is 33.5 Å². The number of benzene rings is 2. The van der Waals surface area contributed by atoms with Gasteiger partial charge in [-0.25, -0.2) is 9.97 Å². The number of aldehydes is 1. The Morgan fingerprint density at radius 1 is 0.955 bits per heavy atom. The van der Waals surface area contributed by atoms with Crippen molar-refractivity contribution in [2.24, 2.45) is 5.73 Å². The first-order chi connectivity index (χ1) is 21.3. The normalized spacial score (nSPS) is 13.6. The van der Waals surface area contributed by atoms with Crippen LogP contribution < -0.4 is 25.8 Å². The van der Waals surface area contributed by atoms with Gasteiger partial charge in [-0.2, -0.15) is 5.10 Å². The van der Waals surface area contributed by atoms with Gasteiger partial charge in [0, 0.05) is 30.8 Å². The Labute approximate surface area is 249 Å². The van der Waals surface area contributed by atoms with Gasteiger partial charge in [-0.1, -0.05) is 12.2 Å². The highest BCUT2D eigenvalue weighted by Gasteiger charge is 2.23. The molecular formula is C29H27N9O6. The Hall–Kier alpha value is -5.99. The minimum atomic E-state index is -0.697. The van der Waals surface area contributed by atoms with Crippen molar-refractivity contribution in [2.75, 3.05) is 17.4 Å². The van der Waals surface area contributed by atoms with Crippen molar-refractivity contribution >= 4 is 58.5 Å². The van der Waals surface area contributed by atoms with Crippen LogP contribution >= 0.6 is 0 Å². The standard InChI is InChI=1S/C29H27N9O6/c1-3-38-21(8-16(2)35-38)27(42)34-29-33-20-11-18(26(30)41)12-23-25(20)37(29)7-5-4-6-36-24-19(32-28(36)31-14-40)9-17(13-39)10-22(24)43-15-44-23/h4-5,8-14H,3,6-7,15H2,1-2H3,(H2,30,41)(H,31,32,40)(H,33,34,42)/b5-4+. The summed E-state index contributed by atoms with van der Waals surface area (Å²) < 4.78 is 17.1. The average Bonchev–Trinajstić information content (AvgIpc) is 3.67. The number of aromatic nitrogens is 6. The molecule has 5 aromatic rings. The van der Waals surface area contributed by atoms with Crippen LogP contribution in [-0.2, 0) is 24.4 Å². The molecule has 0 spiro atoms. The lowest BCUT2D eigenvalue weighted by molar-refractivity contribution is -0.105. The molecule has 0 fully saturated rings. The van der Waals surface area contributed by atoms with Gasteiger partial charge in [-0.3, -0.25) is 34.5 Å². The highest BCUT2D eigenvalue weighted by molar-refractivity contribution is 6.04. The third kappa shape index (κ3) is 4.99. The molecule has 0 aliphatic carbocycles. The molecule has 0 saturated carbocycles. The lowest BCUT2D eigenvalue weighted by Crippen LogP contribution is -2.20. The number of allylic oxidation sites excluding steroid dienone is 2. The molecule has 15 nitrogen and oxygen atoms in total. The quantitative estimate of drug-likeness (QED) is 0.187. The highest BCUT2D eigenvalue weighted by Crippen LogP contribution is 2.34. The van der Waals surface area contributed by atoms with Crippen molar-refractivity contribution < 1.29 is 28.7 Å². The van der Waals surface area contributed by atoms with E-state index in [-0.39, 0.29) is 48.8 Å². The van der Waals surface area contributed by atoms with Crippen LogP contribution in [0.3, 0.4) is 0 Å². The second-order valence-electron chi connectivity index (χ2n) is 9.88. The number of hydrogen-bond acceptors (Lipinski definition) is 9. The molecule has 2 aromatic carbocycles. The molecule has 0 atom stereocenters. The van der Waals surface area contributed by atoms with E-state index in [1.807, 2.05) is 19.1 Å². The third-order valence-corrected chi connectivity index (χ3v) is 7.08. The second-order valence-corrected chi connectivity index (χ2v) is 9.88. The largest absolute Gasteiger partial charge is 0.455 e. The summed E-state index contributed by atoms with van der Waals surface area (Å²) in [7, 11) is 0. The van der Waals surface area contributed by atoms with Crippen LogP contribution in [0.1, 0.15) is 43.8 Å². The van der Waals surface area contributed by atoms with E-state index in [2.05, 4.69) is 25.7 Å². The third-order valence-electron chi connectivity index (χ3n) is 7.08. The lowest BCUT2D eigenvalue weighted by Gasteiger charge is -2.14. The number of nitrogens with zero attached hydrogens (tertiary/aromatic N) is 6. The summed E-state index contributed by atoms with van der Waals surface area (Å²) in [6.45, 7) is 4.34. The van der Waals surface area contributed by atoms with Crippen LogP contribution in [0.4, 0.5) is 11.9 Å². The fourth-order valence-electron chi connectivity index (χ4n) is 5.18. The number of anilines is 2.